The highest BCUT2D eigenvalue weighted by molar-refractivity contribution is 7.45. The first-order valence-electron chi connectivity index (χ1n) is 29.7. The number of rotatable bonds is 55. The second-order valence-electron chi connectivity index (χ2n) is 21.7. The molecule has 0 aliphatic heterocycles. The van der Waals surface area contributed by atoms with Crippen molar-refractivity contribution in [3.8, 4) is 0 Å². The number of likely N-dealkylation sites (N-methyl/N-ethyl adjacent to an activating group) is 1. The van der Waals surface area contributed by atoms with Gasteiger partial charge in [-0.25, -0.2) is 0 Å². The molecule has 0 heterocycles. The van der Waals surface area contributed by atoms with E-state index < -0.39 is 20.0 Å². The zero-order valence-corrected chi connectivity index (χ0v) is 47.0. The average Bonchev–Trinajstić information content (AvgIpc) is 3.30. The fourth-order valence-electron chi connectivity index (χ4n) is 8.97. The Morgan fingerprint density at radius 1 is 0.500 bits per heavy atom. The summed E-state index contributed by atoms with van der Waals surface area (Å²) < 4.78 is 23.4. The highest BCUT2D eigenvalue weighted by atomic mass is 31.2. The molecule has 0 spiro atoms. The van der Waals surface area contributed by atoms with E-state index in [1.54, 1.807) is 6.08 Å². The minimum absolute atomic E-state index is 0.000366. The van der Waals surface area contributed by atoms with Gasteiger partial charge in [-0.1, -0.05) is 269 Å². The van der Waals surface area contributed by atoms with E-state index in [4.69, 9.17) is 9.05 Å². The first-order chi connectivity index (χ1) is 33.0. The molecule has 0 saturated heterocycles. The summed E-state index contributed by atoms with van der Waals surface area (Å²) in [5.41, 5.74) is 0. The number of allylic oxidation sites excluding steroid dienone is 3. The first-order valence-corrected chi connectivity index (χ1v) is 31.2. The topological polar surface area (TPSA) is 108 Å². The van der Waals surface area contributed by atoms with E-state index in [1.807, 2.05) is 27.2 Å². The van der Waals surface area contributed by atoms with Gasteiger partial charge in [0.05, 0.1) is 39.9 Å². The molecule has 3 unspecified atom stereocenters. The van der Waals surface area contributed by atoms with Crippen LogP contribution in [-0.2, 0) is 18.4 Å². The fraction of sp³-hybridized carbons (Fsp3) is 0.915. The summed E-state index contributed by atoms with van der Waals surface area (Å²) in [5, 5.41) is 13.9. The molecule has 3 atom stereocenters. The maximum atomic E-state index is 13.0. The van der Waals surface area contributed by atoms with E-state index in [0.29, 0.717) is 17.4 Å². The van der Waals surface area contributed by atoms with E-state index in [-0.39, 0.29) is 19.1 Å². The lowest BCUT2D eigenvalue weighted by Crippen LogP contribution is -2.45. The second kappa shape index (κ2) is 50.9. The number of carbonyl (C=O) groups is 1. The maximum Gasteiger partial charge on any atom is 0.268 e. The van der Waals surface area contributed by atoms with Gasteiger partial charge >= 0.3 is 0 Å². The third-order valence-electron chi connectivity index (χ3n) is 13.7. The van der Waals surface area contributed by atoms with Crippen molar-refractivity contribution in [3.05, 3.63) is 24.3 Å². The molecular weight excluding hydrogens is 864 g/mol. The van der Waals surface area contributed by atoms with Crippen LogP contribution in [0.1, 0.15) is 296 Å². The van der Waals surface area contributed by atoms with Gasteiger partial charge in [0.15, 0.2) is 0 Å². The number of phosphoric ester groups is 1. The smallest absolute Gasteiger partial charge is 0.268 e. The minimum atomic E-state index is -4.60. The number of nitrogens with one attached hydrogen (secondary N) is 1. The van der Waals surface area contributed by atoms with Crippen molar-refractivity contribution in [3.63, 3.8) is 0 Å². The number of amides is 1. The fourth-order valence-corrected chi connectivity index (χ4v) is 9.70. The van der Waals surface area contributed by atoms with E-state index in [2.05, 4.69) is 31.3 Å². The Hall–Kier alpha value is -1.02. The molecule has 0 fully saturated rings. The van der Waals surface area contributed by atoms with E-state index >= 15 is 0 Å². The van der Waals surface area contributed by atoms with Gasteiger partial charge in [-0.15, -0.1) is 0 Å². The van der Waals surface area contributed by atoms with Crippen LogP contribution in [-0.4, -0.2) is 68.5 Å². The molecule has 0 aromatic carbocycles. The number of unbranched alkanes of at least 4 members (excludes halogenated alkanes) is 40. The van der Waals surface area contributed by atoms with Crippen LogP contribution in [0, 0.1) is 0 Å². The lowest BCUT2D eigenvalue weighted by Gasteiger charge is -2.29. The Morgan fingerprint density at radius 3 is 1.15 bits per heavy atom. The molecule has 0 rings (SSSR count). The Labute approximate surface area is 424 Å². The predicted octanol–water partition coefficient (Wildman–Crippen LogP) is 17.4. The van der Waals surface area contributed by atoms with Gasteiger partial charge in [0.2, 0.25) is 5.91 Å². The monoisotopic (exact) mass is 981 g/mol. The van der Waals surface area contributed by atoms with Crippen LogP contribution in [0.15, 0.2) is 24.3 Å². The van der Waals surface area contributed by atoms with Gasteiger partial charge < -0.3 is 28.8 Å². The molecule has 68 heavy (non-hydrogen) atoms. The van der Waals surface area contributed by atoms with Crippen LogP contribution in [0.5, 0.6) is 0 Å². The number of phosphoric acid groups is 1. The zero-order chi connectivity index (χ0) is 49.9. The Balaban J connectivity index is 4.16. The molecule has 2 N–H and O–H groups in total. The van der Waals surface area contributed by atoms with Gasteiger partial charge in [-0.3, -0.25) is 9.36 Å². The van der Waals surface area contributed by atoms with E-state index in [9.17, 15) is 19.4 Å². The number of hydrogen-bond acceptors (Lipinski definition) is 6. The molecule has 0 aromatic heterocycles. The highest BCUT2D eigenvalue weighted by Crippen LogP contribution is 2.38. The van der Waals surface area contributed by atoms with Crippen LogP contribution in [0.3, 0.4) is 0 Å². The SMILES string of the molecule is CCCCCCCC/C=C\CCCCCCCCCCCC(=O)NC(COP(=O)([O-])OCC[N+](C)(C)C)C(O)/C=C/CCCCCCCCCCCCCCCCCCCCCCCCCCC. The summed E-state index contributed by atoms with van der Waals surface area (Å²) in [6, 6.07) is -0.886. The Kier molecular flexibility index (Phi) is 50.1. The van der Waals surface area contributed by atoms with Crippen LogP contribution in [0.2, 0.25) is 0 Å². The highest BCUT2D eigenvalue weighted by Gasteiger charge is 2.23. The molecular formula is C59H117N2O6P. The number of aliphatic hydroxyl groups excluding tert-OH is 1. The minimum Gasteiger partial charge on any atom is -0.756 e. The molecule has 0 aromatic rings. The van der Waals surface area contributed by atoms with Gasteiger partial charge in [0.1, 0.15) is 13.2 Å². The van der Waals surface area contributed by atoms with Crippen molar-refractivity contribution in [1.82, 2.24) is 5.32 Å². The lowest BCUT2D eigenvalue weighted by molar-refractivity contribution is -0.870. The van der Waals surface area contributed by atoms with Crippen LogP contribution >= 0.6 is 7.82 Å². The lowest BCUT2D eigenvalue weighted by atomic mass is 10.0. The van der Waals surface area contributed by atoms with Gasteiger partial charge in [0.25, 0.3) is 7.82 Å². The van der Waals surface area contributed by atoms with E-state index in [1.165, 1.54) is 238 Å². The number of hydrogen-bond donors (Lipinski definition) is 2. The molecule has 8 nitrogen and oxygen atoms in total. The second-order valence-corrected chi connectivity index (χ2v) is 23.1. The largest absolute Gasteiger partial charge is 0.756 e. The van der Waals surface area contributed by atoms with Crippen molar-refractivity contribution in [2.24, 2.45) is 0 Å². The number of quaternary nitrogens is 1. The summed E-state index contributed by atoms with van der Waals surface area (Å²) in [6.07, 6.45) is 64.0. The van der Waals surface area contributed by atoms with Crippen LogP contribution in [0.25, 0.3) is 0 Å². The number of aliphatic hydroxyl groups is 1. The molecule has 1 amide bonds. The predicted molar refractivity (Wildman–Crippen MR) is 293 cm³/mol. The molecule has 0 aliphatic carbocycles. The van der Waals surface area contributed by atoms with Crippen molar-refractivity contribution in [2.45, 2.75) is 309 Å². The van der Waals surface area contributed by atoms with Crippen molar-refractivity contribution in [1.29, 1.82) is 0 Å². The summed E-state index contributed by atoms with van der Waals surface area (Å²) in [4.78, 5) is 25.5. The Bertz CT molecular complexity index is 1160. The van der Waals surface area contributed by atoms with Gasteiger partial charge in [-0.05, 0) is 44.9 Å². The third kappa shape index (κ3) is 52.8. The number of carbonyl (C=O) groups excluding carboxylic acids is 1. The summed E-state index contributed by atoms with van der Waals surface area (Å²) >= 11 is 0. The normalized spacial score (nSPS) is 14.0. The zero-order valence-electron chi connectivity index (χ0n) is 46.1. The van der Waals surface area contributed by atoms with Crippen molar-refractivity contribution >= 4 is 13.7 Å². The summed E-state index contributed by atoms with van der Waals surface area (Å²) in [5.74, 6) is -0.195. The van der Waals surface area contributed by atoms with E-state index in [0.717, 1.165) is 38.5 Å². The third-order valence-corrected chi connectivity index (χ3v) is 14.6. The maximum absolute atomic E-state index is 13.0. The molecule has 9 heteroatoms. The van der Waals surface area contributed by atoms with Crippen LogP contribution < -0.4 is 10.2 Å². The van der Waals surface area contributed by atoms with Crippen molar-refractivity contribution in [2.75, 3.05) is 40.9 Å². The quantitative estimate of drug-likeness (QED) is 0.0272. The standard InChI is InChI=1S/C59H117N2O6P/c1-6-8-10-12-14-16-18-20-22-24-26-27-28-29-30-31-32-33-35-36-38-40-42-44-46-48-50-52-58(62)57(56-67-68(64,65)66-55-54-61(3,4)5)60-59(63)53-51-49-47-45-43-41-39-37-34-25-23-21-19-17-15-13-11-9-7-2/h21,23,50,52,57-58,62H,6-20,22,24-49,51,53-56H2,1-5H3,(H-,60,63,64,65)/b23-21-,52-50+. The first kappa shape index (κ1) is 67.0. The number of nitrogens with zero attached hydrogens (tertiary/aromatic N) is 1. The van der Waals surface area contributed by atoms with Gasteiger partial charge in [0, 0.05) is 6.42 Å². The average molecular weight is 982 g/mol. The molecule has 0 radical (unpaired) electrons. The molecule has 0 saturated carbocycles. The van der Waals surface area contributed by atoms with Gasteiger partial charge in [-0.2, -0.15) is 0 Å². The summed E-state index contributed by atoms with van der Waals surface area (Å²) in [7, 11) is 1.27. The van der Waals surface area contributed by atoms with Crippen LogP contribution in [0.4, 0.5) is 0 Å². The van der Waals surface area contributed by atoms with Crippen molar-refractivity contribution < 1.29 is 32.9 Å². The summed E-state index contributed by atoms with van der Waals surface area (Å²) in [6.45, 7) is 4.69. The molecule has 404 valence electrons. The Morgan fingerprint density at radius 2 is 0.809 bits per heavy atom. The molecule has 0 aliphatic rings. The molecule has 0 bridgehead atoms.